The van der Waals surface area contributed by atoms with Gasteiger partial charge in [0, 0.05) is 25.1 Å². The second-order valence-electron chi connectivity index (χ2n) is 6.33. The van der Waals surface area contributed by atoms with E-state index < -0.39 is 0 Å². The van der Waals surface area contributed by atoms with E-state index in [-0.39, 0.29) is 5.78 Å². The van der Waals surface area contributed by atoms with Crippen molar-refractivity contribution >= 4 is 38.6 Å². The van der Waals surface area contributed by atoms with E-state index in [0.717, 1.165) is 40.2 Å². The second kappa shape index (κ2) is 6.00. The smallest absolute Gasteiger partial charge is 0.177 e. The van der Waals surface area contributed by atoms with Gasteiger partial charge in [-0.1, -0.05) is 29.8 Å². The first-order valence-electron chi connectivity index (χ1n) is 7.95. The first kappa shape index (κ1) is 15.3. The molecule has 23 heavy (non-hydrogen) atoms. The van der Waals surface area contributed by atoms with Crippen molar-refractivity contribution in [2.75, 3.05) is 20.1 Å². The normalized spacial score (nSPS) is 18.6. The number of nitrogens with zero attached hydrogens (tertiary/aromatic N) is 1. The van der Waals surface area contributed by atoms with Gasteiger partial charge in [-0.05, 0) is 58.6 Å². The number of thiophene rings is 1. The van der Waals surface area contributed by atoms with E-state index in [4.69, 9.17) is 0 Å². The lowest BCUT2D eigenvalue weighted by atomic mass is 9.88. The van der Waals surface area contributed by atoms with Gasteiger partial charge in [0.25, 0.3) is 0 Å². The number of hydrogen-bond acceptors (Lipinski definition) is 3. The summed E-state index contributed by atoms with van der Waals surface area (Å²) in [4.78, 5) is 16.0. The highest BCUT2D eigenvalue weighted by atomic mass is 79.9. The van der Waals surface area contributed by atoms with Gasteiger partial charge in [-0.15, -0.1) is 11.3 Å². The summed E-state index contributed by atoms with van der Waals surface area (Å²) in [5.41, 5.74) is 6.37. The van der Waals surface area contributed by atoms with Crippen molar-refractivity contribution < 1.29 is 4.79 Å². The molecule has 0 saturated carbocycles. The van der Waals surface area contributed by atoms with Gasteiger partial charge < -0.3 is 4.90 Å². The van der Waals surface area contributed by atoms with Crippen LogP contribution in [0.3, 0.4) is 0 Å². The number of likely N-dealkylation sites (tertiary alicyclic amines) is 1. The van der Waals surface area contributed by atoms with Crippen LogP contribution in [0.5, 0.6) is 0 Å². The van der Waals surface area contributed by atoms with E-state index in [0.29, 0.717) is 6.42 Å². The third-order valence-corrected chi connectivity index (χ3v) is 6.49. The van der Waals surface area contributed by atoms with E-state index in [1.807, 2.05) is 6.07 Å². The van der Waals surface area contributed by atoms with Crippen LogP contribution in [0.1, 0.15) is 39.2 Å². The van der Waals surface area contributed by atoms with Crippen LogP contribution in [0.25, 0.3) is 5.57 Å². The van der Waals surface area contributed by atoms with Crippen molar-refractivity contribution in [1.29, 1.82) is 0 Å². The summed E-state index contributed by atoms with van der Waals surface area (Å²) in [5, 5.41) is 0. The number of carbonyl (C=O) groups excluding carboxylic acids is 1. The molecule has 2 heterocycles. The van der Waals surface area contributed by atoms with E-state index in [9.17, 15) is 4.79 Å². The molecule has 1 aliphatic carbocycles. The zero-order valence-electron chi connectivity index (χ0n) is 13.1. The molecule has 0 bridgehead atoms. The Labute approximate surface area is 149 Å². The monoisotopic (exact) mass is 387 g/mol. The maximum Gasteiger partial charge on any atom is 0.177 e. The molecule has 0 radical (unpaired) electrons. The minimum Gasteiger partial charge on any atom is -0.306 e. The zero-order chi connectivity index (χ0) is 16.0. The summed E-state index contributed by atoms with van der Waals surface area (Å²) in [6.07, 6.45) is 2.68. The topological polar surface area (TPSA) is 20.3 Å². The number of piperidine rings is 1. The average molecular weight is 388 g/mol. The van der Waals surface area contributed by atoms with Crippen LogP contribution < -0.4 is 0 Å². The van der Waals surface area contributed by atoms with Gasteiger partial charge in [0.15, 0.2) is 5.78 Å². The van der Waals surface area contributed by atoms with Crippen molar-refractivity contribution in [3.8, 4) is 0 Å². The van der Waals surface area contributed by atoms with Crippen molar-refractivity contribution in [2.45, 2.75) is 19.3 Å². The number of fused-ring (bicyclic) bond motifs is 2. The lowest BCUT2D eigenvalue weighted by Gasteiger charge is -2.27. The minimum absolute atomic E-state index is 0.242. The summed E-state index contributed by atoms with van der Waals surface area (Å²) in [5.74, 6) is 0.242. The van der Waals surface area contributed by atoms with Gasteiger partial charge in [-0.2, -0.15) is 0 Å². The van der Waals surface area contributed by atoms with Gasteiger partial charge in [-0.3, -0.25) is 4.79 Å². The third-order valence-electron chi connectivity index (χ3n) is 4.81. The van der Waals surface area contributed by atoms with Crippen LogP contribution in [0.15, 0.2) is 39.7 Å². The molecule has 1 aliphatic heterocycles. The number of ketones is 1. The van der Waals surface area contributed by atoms with E-state index in [1.165, 1.54) is 22.3 Å². The molecule has 2 nitrogen and oxygen atoms in total. The summed E-state index contributed by atoms with van der Waals surface area (Å²) >= 11 is 5.15. The second-order valence-corrected chi connectivity index (χ2v) is 8.76. The SMILES string of the molecule is CN1CCC(=C2c3ccccc3CC(=O)c3sc(Br)cc32)CC1. The fraction of sp³-hybridized carbons (Fsp3) is 0.316. The maximum absolute atomic E-state index is 12.7. The van der Waals surface area contributed by atoms with E-state index in [1.54, 1.807) is 11.3 Å². The maximum atomic E-state index is 12.7. The lowest BCUT2D eigenvalue weighted by Crippen LogP contribution is -2.27. The zero-order valence-corrected chi connectivity index (χ0v) is 15.5. The Bertz CT molecular complexity index is 811. The van der Waals surface area contributed by atoms with Crippen LogP contribution >= 0.6 is 27.3 Å². The summed E-state index contributed by atoms with van der Waals surface area (Å²) in [6.45, 7) is 2.19. The van der Waals surface area contributed by atoms with Crippen LogP contribution in [0.2, 0.25) is 0 Å². The van der Waals surface area contributed by atoms with Gasteiger partial charge in [0.1, 0.15) is 0 Å². The first-order chi connectivity index (χ1) is 11.1. The average Bonchev–Trinajstić information content (AvgIpc) is 2.88. The molecule has 1 aromatic carbocycles. The van der Waals surface area contributed by atoms with Crippen molar-refractivity contribution in [3.63, 3.8) is 0 Å². The van der Waals surface area contributed by atoms with Crippen LogP contribution in [-0.4, -0.2) is 30.8 Å². The number of rotatable bonds is 0. The Morgan fingerprint density at radius 2 is 1.87 bits per heavy atom. The standard InChI is InChI=1S/C19H18BrNOS/c1-21-8-6-12(7-9-21)18-14-5-3-2-4-13(14)10-16(22)19-15(18)11-17(20)23-19/h2-5,11H,6-10H2,1H3. The first-order valence-corrected chi connectivity index (χ1v) is 9.56. The Balaban J connectivity index is 1.98. The Morgan fingerprint density at radius 3 is 2.65 bits per heavy atom. The quantitative estimate of drug-likeness (QED) is 0.648. The molecule has 0 spiro atoms. The van der Waals surface area contributed by atoms with E-state index >= 15 is 0 Å². The molecule has 4 rings (SSSR count). The molecule has 118 valence electrons. The molecule has 0 atom stereocenters. The molecule has 1 fully saturated rings. The number of benzene rings is 1. The fourth-order valence-corrected chi connectivity index (χ4v) is 5.13. The highest BCUT2D eigenvalue weighted by Crippen LogP contribution is 2.42. The molecule has 0 unspecified atom stereocenters. The van der Waals surface area contributed by atoms with Gasteiger partial charge >= 0.3 is 0 Å². The minimum atomic E-state index is 0.242. The highest BCUT2D eigenvalue weighted by molar-refractivity contribution is 9.11. The van der Waals surface area contributed by atoms with Crippen molar-refractivity contribution in [1.82, 2.24) is 4.90 Å². The largest absolute Gasteiger partial charge is 0.306 e. The van der Waals surface area contributed by atoms with Crippen LogP contribution in [-0.2, 0) is 6.42 Å². The number of halogens is 1. The Hall–Kier alpha value is -1.23. The molecular formula is C19H18BrNOS. The summed E-state index contributed by atoms with van der Waals surface area (Å²) in [6, 6.07) is 10.6. The third kappa shape index (κ3) is 2.73. The molecule has 1 saturated heterocycles. The summed E-state index contributed by atoms with van der Waals surface area (Å²) < 4.78 is 1.04. The van der Waals surface area contributed by atoms with Gasteiger partial charge in [0.2, 0.25) is 0 Å². The summed E-state index contributed by atoms with van der Waals surface area (Å²) in [7, 11) is 2.18. The van der Waals surface area contributed by atoms with E-state index in [2.05, 4.69) is 52.1 Å². The molecular weight excluding hydrogens is 370 g/mol. The predicted octanol–water partition coefficient (Wildman–Crippen LogP) is 4.78. The van der Waals surface area contributed by atoms with Crippen LogP contribution in [0, 0.1) is 0 Å². The van der Waals surface area contributed by atoms with Gasteiger partial charge in [-0.25, -0.2) is 0 Å². The highest BCUT2D eigenvalue weighted by Gasteiger charge is 2.28. The predicted molar refractivity (Wildman–Crippen MR) is 99.2 cm³/mol. The van der Waals surface area contributed by atoms with Crippen molar-refractivity contribution in [3.05, 3.63) is 61.3 Å². The number of carbonyl (C=O) groups is 1. The molecule has 2 aliphatic rings. The molecule has 2 aromatic rings. The lowest BCUT2D eigenvalue weighted by molar-refractivity contribution is 0.0997. The molecule has 1 aromatic heterocycles. The molecule has 4 heteroatoms. The number of hydrogen-bond donors (Lipinski definition) is 0. The molecule has 0 N–H and O–H groups in total. The van der Waals surface area contributed by atoms with Crippen molar-refractivity contribution in [2.24, 2.45) is 0 Å². The van der Waals surface area contributed by atoms with Gasteiger partial charge in [0.05, 0.1) is 8.66 Å². The molecule has 0 amide bonds. The Morgan fingerprint density at radius 1 is 1.13 bits per heavy atom. The fourth-order valence-electron chi connectivity index (χ4n) is 3.59. The number of Topliss-reactive ketones (excluding diaryl/α,β-unsaturated/α-hetero) is 1. The van der Waals surface area contributed by atoms with Crippen LogP contribution in [0.4, 0.5) is 0 Å². The Kier molecular flexibility index (Phi) is 4.00.